The van der Waals surface area contributed by atoms with Gasteiger partial charge in [-0.3, -0.25) is 4.79 Å². The van der Waals surface area contributed by atoms with Crippen molar-refractivity contribution in [2.24, 2.45) is 0 Å². The predicted molar refractivity (Wildman–Crippen MR) is 109 cm³/mol. The summed E-state index contributed by atoms with van der Waals surface area (Å²) >= 11 is 0. The number of alkyl halides is 3. The van der Waals surface area contributed by atoms with Crippen LogP contribution in [0.1, 0.15) is 37.0 Å². The smallest absolute Gasteiger partial charge is 0.352 e. The van der Waals surface area contributed by atoms with E-state index in [1.807, 2.05) is 44.2 Å². The first-order valence-corrected chi connectivity index (χ1v) is 9.43. The molecule has 0 atom stereocenters. The summed E-state index contributed by atoms with van der Waals surface area (Å²) in [6.45, 7) is 3.71. The Morgan fingerprint density at radius 1 is 1.03 bits per heavy atom. The van der Waals surface area contributed by atoms with Gasteiger partial charge in [0, 0.05) is 19.0 Å². The number of amides is 1. The molecule has 2 aromatic carbocycles. The number of nitrogens with zero attached hydrogens (tertiary/aromatic N) is 1. The van der Waals surface area contributed by atoms with Gasteiger partial charge in [0.15, 0.2) is 0 Å². The maximum Gasteiger partial charge on any atom is 0.419 e. The molecule has 1 N–H and O–H groups in total. The predicted octanol–water partition coefficient (Wildman–Crippen LogP) is 4.39. The third kappa shape index (κ3) is 5.05. The summed E-state index contributed by atoms with van der Waals surface area (Å²) in [5.41, 5.74) is 3.52. The molecule has 7 heteroatoms. The molecule has 0 aromatic heterocycles. The SMILES string of the molecule is CC1=[N+]=C(Cc2ccccc2)C(C)=C1CC(=O)NCc1ccc(C(F)(F)F)c(F)c1. The number of carbonyl (C=O) groups is 1. The van der Waals surface area contributed by atoms with Gasteiger partial charge in [0.05, 0.1) is 24.0 Å². The molecule has 0 saturated carbocycles. The molecule has 0 fully saturated rings. The maximum absolute atomic E-state index is 13.7. The zero-order valence-corrected chi connectivity index (χ0v) is 16.6. The second-order valence-electron chi connectivity index (χ2n) is 7.18. The van der Waals surface area contributed by atoms with Crippen molar-refractivity contribution in [2.45, 2.75) is 39.4 Å². The van der Waals surface area contributed by atoms with Crippen LogP contribution in [0.25, 0.3) is 0 Å². The molecule has 2 aromatic rings. The van der Waals surface area contributed by atoms with Gasteiger partial charge in [-0.1, -0.05) is 41.1 Å². The highest BCUT2D eigenvalue weighted by atomic mass is 19.4. The summed E-state index contributed by atoms with van der Waals surface area (Å²) in [5.74, 6) is -1.66. The summed E-state index contributed by atoms with van der Waals surface area (Å²) in [7, 11) is 0. The summed E-state index contributed by atoms with van der Waals surface area (Å²) in [6.07, 6.45) is -3.98. The Morgan fingerprint density at radius 2 is 1.73 bits per heavy atom. The quantitative estimate of drug-likeness (QED) is 0.550. The number of carbonyl (C=O) groups excluding carboxylic acids is 1. The number of halogens is 4. The van der Waals surface area contributed by atoms with Gasteiger partial charge in [-0.25, -0.2) is 4.39 Å². The summed E-state index contributed by atoms with van der Waals surface area (Å²) in [4.78, 5) is 12.4. The van der Waals surface area contributed by atoms with Crippen LogP contribution in [0.2, 0.25) is 0 Å². The average molecular weight is 417 g/mol. The molecule has 0 aliphatic carbocycles. The van der Waals surface area contributed by atoms with E-state index in [2.05, 4.69) is 9.98 Å². The average Bonchev–Trinajstić information content (AvgIpc) is 2.93. The lowest BCUT2D eigenvalue weighted by atomic mass is 9.97. The number of hydrogen-bond donors (Lipinski definition) is 1. The lowest BCUT2D eigenvalue weighted by Gasteiger charge is -2.10. The van der Waals surface area contributed by atoms with E-state index in [0.29, 0.717) is 12.5 Å². The minimum absolute atomic E-state index is 0.0585. The van der Waals surface area contributed by atoms with Crippen LogP contribution in [0.3, 0.4) is 0 Å². The number of nitrogens with one attached hydrogen (secondary N) is 1. The third-order valence-electron chi connectivity index (χ3n) is 5.01. The van der Waals surface area contributed by atoms with Crippen LogP contribution < -0.4 is 9.98 Å². The summed E-state index contributed by atoms with van der Waals surface area (Å²) in [6, 6.07) is 12.5. The highest BCUT2D eigenvalue weighted by molar-refractivity contribution is 6.18. The molecular weight excluding hydrogens is 396 g/mol. The molecule has 1 aliphatic heterocycles. The fourth-order valence-corrected chi connectivity index (χ4v) is 3.34. The third-order valence-corrected chi connectivity index (χ3v) is 5.01. The van der Waals surface area contributed by atoms with Crippen molar-refractivity contribution in [1.82, 2.24) is 9.98 Å². The molecule has 1 amide bonds. The van der Waals surface area contributed by atoms with E-state index in [1.165, 1.54) is 0 Å². The van der Waals surface area contributed by atoms with Crippen LogP contribution in [0, 0.1) is 5.82 Å². The van der Waals surface area contributed by atoms with Gasteiger partial charge in [-0.05, 0) is 30.2 Å². The van der Waals surface area contributed by atoms with Crippen LogP contribution in [-0.2, 0) is 23.9 Å². The van der Waals surface area contributed by atoms with Crippen LogP contribution in [0.4, 0.5) is 17.6 Å². The first-order chi connectivity index (χ1) is 14.1. The fraction of sp³-hybridized carbons (Fsp3) is 0.261. The standard InChI is InChI=1S/C23H20F4N2O/c1-14-18(15(2)29-21(14)11-16-6-4-3-5-7-16)12-22(30)28-13-17-8-9-19(20(24)10-17)23(25,26)27/h3-10H,11-13H2,1-2H3/p+1. The topological polar surface area (TPSA) is 43.2 Å². The van der Waals surface area contributed by atoms with Gasteiger partial charge in [0.2, 0.25) is 5.91 Å². The fourth-order valence-electron chi connectivity index (χ4n) is 3.34. The summed E-state index contributed by atoms with van der Waals surface area (Å²) in [5, 5.41) is 2.63. The molecule has 0 unspecified atom stereocenters. The van der Waals surface area contributed by atoms with Crippen LogP contribution in [-0.4, -0.2) is 17.3 Å². The highest BCUT2D eigenvalue weighted by Crippen LogP contribution is 2.31. The van der Waals surface area contributed by atoms with E-state index in [4.69, 9.17) is 0 Å². The molecule has 0 spiro atoms. The maximum atomic E-state index is 13.7. The Bertz CT molecular complexity index is 1060. The molecule has 156 valence electrons. The Balaban J connectivity index is 1.61. The second kappa shape index (κ2) is 8.67. The molecule has 1 aliphatic rings. The largest absolute Gasteiger partial charge is 0.419 e. The first kappa shape index (κ1) is 21.5. The number of rotatable bonds is 6. The van der Waals surface area contributed by atoms with Crippen molar-refractivity contribution < 1.29 is 22.4 Å². The van der Waals surface area contributed by atoms with E-state index >= 15 is 0 Å². The lowest BCUT2D eigenvalue weighted by molar-refractivity contribution is -0.140. The van der Waals surface area contributed by atoms with Crippen LogP contribution in [0.5, 0.6) is 0 Å². The Kier molecular flexibility index (Phi) is 6.22. The number of benzene rings is 2. The van der Waals surface area contributed by atoms with Gasteiger partial charge in [-0.2, -0.15) is 13.2 Å². The number of allylic oxidation sites excluding steroid dienone is 1. The normalized spacial score (nSPS) is 13.9. The van der Waals surface area contributed by atoms with Crippen LogP contribution >= 0.6 is 0 Å². The zero-order valence-electron chi connectivity index (χ0n) is 16.6. The van der Waals surface area contributed by atoms with Crippen molar-refractivity contribution in [2.75, 3.05) is 0 Å². The van der Waals surface area contributed by atoms with Crippen molar-refractivity contribution in [3.8, 4) is 0 Å². The summed E-state index contributed by atoms with van der Waals surface area (Å²) < 4.78 is 56.2. The molecule has 3 nitrogen and oxygen atoms in total. The molecule has 30 heavy (non-hydrogen) atoms. The van der Waals surface area contributed by atoms with Gasteiger partial charge in [0.1, 0.15) is 5.82 Å². The van der Waals surface area contributed by atoms with Crippen LogP contribution in [0.15, 0.2) is 59.7 Å². The minimum Gasteiger partial charge on any atom is -0.352 e. The first-order valence-electron chi connectivity index (χ1n) is 9.43. The zero-order chi connectivity index (χ0) is 21.9. The molecular formula is C23H21F4N2O+. The Hall–Kier alpha value is -3.18. The van der Waals surface area contributed by atoms with Crippen molar-refractivity contribution in [3.63, 3.8) is 0 Å². The van der Waals surface area contributed by atoms with Crippen molar-refractivity contribution >= 4 is 17.3 Å². The van der Waals surface area contributed by atoms with E-state index < -0.39 is 17.6 Å². The van der Waals surface area contributed by atoms with Gasteiger partial charge in [0.25, 0.3) is 0 Å². The van der Waals surface area contributed by atoms with E-state index in [1.54, 1.807) is 0 Å². The molecule has 3 rings (SSSR count). The molecule has 1 heterocycles. The van der Waals surface area contributed by atoms with E-state index in [9.17, 15) is 22.4 Å². The van der Waals surface area contributed by atoms with Gasteiger partial charge >= 0.3 is 17.6 Å². The molecule has 0 bridgehead atoms. The monoisotopic (exact) mass is 417 g/mol. The van der Waals surface area contributed by atoms with Crippen molar-refractivity contribution in [3.05, 3.63) is 82.2 Å². The number of hydrogen-bond acceptors (Lipinski definition) is 1. The molecule has 0 radical (unpaired) electrons. The lowest BCUT2D eigenvalue weighted by Crippen LogP contribution is -2.24. The molecule has 0 saturated heterocycles. The highest BCUT2D eigenvalue weighted by Gasteiger charge is 2.34. The Morgan fingerprint density at radius 3 is 2.37 bits per heavy atom. The minimum atomic E-state index is -4.75. The second-order valence-corrected chi connectivity index (χ2v) is 7.18. The van der Waals surface area contributed by atoms with Crippen molar-refractivity contribution in [1.29, 1.82) is 0 Å². The van der Waals surface area contributed by atoms with Gasteiger partial charge in [-0.15, -0.1) is 0 Å². The van der Waals surface area contributed by atoms with E-state index in [-0.39, 0.29) is 24.4 Å². The van der Waals surface area contributed by atoms with Gasteiger partial charge < -0.3 is 5.32 Å². The van der Waals surface area contributed by atoms with E-state index in [0.717, 1.165) is 40.3 Å². The Labute approximate surface area is 171 Å².